The molecule has 4 nitrogen and oxygen atoms in total. The first-order valence-corrected chi connectivity index (χ1v) is 10.6. The van der Waals surface area contributed by atoms with Crippen LogP contribution in [-0.2, 0) is 16.1 Å². The summed E-state index contributed by atoms with van der Waals surface area (Å²) < 4.78 is 11.8. The van der Waals surface area contributed by atoms with E-state index in [-0.39, 0.29) is 18.3 Å². The summed E-state index contributed by atoms with van der Waals surface area (Å²) in [6, 6.07) is 9.35. The molecule has 0 saturated heterocycles. The molecule has 6 heteroatoms. The molecule has 28 heavy (non-hydrogen) atoms. The third-order valence-electron chi connectivity index (χ3n) is 4.71. The standard InChI is InChI=1S/C22H21BrO4S/c1-12-5-6-17-16(9-20(24)27-22(17)15(12)4)10-26-21(25)11-28-19-8-13(2)18(23)7-14(19)3/h5-9H,10-11H2,1-4H3. The Morgan fingerprint density at radius 1 is 1.07 bits per heavy atom. The van der Waals surface area contributed by atoms with Gasteiger partial charge >= 0.3 is 11.6 Å². The Bertz CT molecular complexity index is 1120. The van der Waals surface area contributed by atoms with Crippen LogP contribution in [-0.4, -0.2) is 11.7 Å². The van der Waals surface area contributed by atoms with Crippen LogP contribution in [0, 0.1) is 27.7 Å². The second kappa shape index (κ2) is 8.53. The number of halogens is 1. The molecule has 0 saturated carbocycles. The number of esters is 1. The lowest BCUT2D eigenvalue weighted by Crippen LogP contribution is -2.10. The maximum atomic E-state index is 12.2. The molecule has 0 aliphatic heterocycles. The van der Waals surface area contributed by atoms with E-state index in [4.69, 9.17) is 9.15 Å². The molecule has 146 valence electrons. The van der Waals surface area contributed by atoms with Gasteiger partial charge in [0.2, 0.25) is 0 Å². The van der Waals surface area contributed by atoms with Crippen molar-refractivity contribution in [3.63, 3.8) is 0 Å². The van der Waals surface area contributed by atoms with Crippen LogP contribution < -0.4 is 5.63 Å². The van der Waals surface area contributed by atoms with Gasteiger partial charge < -0.3 is 9.15 Å². The fourth-order valence-corrected chi connectivity index (χ4v) is 4.25. The van der Waals surface area contributed by atoms with Crippen LogP contribution in [0.1, 0.15) is 27.8 Å². The van der Waals surface area contributed by atoms with Crippen molar-refractivity contribution in [1.29, 1.82) is 0 Å². The molecule has 0 N–H and O–H groups in total. The molecule has 0 radical (unpaired) electrons. The van der Waals surface area contributed by atoms with Crippen LogP contribution in [0.3, 0.4) is 0 Å². The maximum absolute atomic E-state index is 12.2. The molecule has 0 fully saturated rings. The number of ether oxygens (including phenoxy) is 1. The van der Waals surface area contributed by atoms with Gasteiger partial charge in [0.05, 0.1) is 5.75 Å². The molecule has 0 unspecified atom stereocenters. The normalized spacial score (nSPS) is 11.0. The monoisotopic (exact) mass is 460 g/mol. The smallest absolute Gasteiger partial charge is 0.336 e. The van der Waals surface area contributed by atoms with Crippen molar-refractivity contribution >= 4 is 44.6 Å². The van der Waals surface area contributed by atoms with E-state index in [0.29, 0.717) is 11.1 Å². The van der Waals surface area contributed by atoms with E-state index in [1.54, 1.807) is 0 Å². The number of carbonyl (C=O) groups is 1. The Hall–Kier alpha value is -2.05. The zero-order valence-corrected chi connectivity index (χ0v) is 18.6. The molecule has 0 amide bonds. The highest BCUT2D eigenvalue weighted by Gasteiger charge is 2.13. The molecule has 1 aromatic heterocycles. The lowest BCUT2D eigenvalue weighted by molar-refractivity contribution is -0.141. The first-order valence-electron chi connectivity index (χ1n) is 8.84. The van der Waals surface area contributed by atoms with Gasteiger partial charge in [-0.25, -0.2) is 4.79 Å². The Morgan fingerprint density at radius 2 is 1.82 bits per heavy atom. The largest absolute Gasteiger partial charge is 0.460 e. The van der Waals surface area contributed by atoms with Gasteiger partial charge in [0, 0.05) is 26.4 Å². The molecule has 0 aliphatic carbocycles. The van der Waals surface area contributed by atoms with E-state index in [9.17, 15) is 9.59 Å². The van der Waals surface area contributed by atoms with E-state index in [1.165, 1.54) is 17.8 Å². The Morgan fingerprint density at radius 3 is 2.57 bits per heavy atom. The van der Waals surface area contributed by atoms with Crippen LogP contribution >= 0.6 is 27.7 Å². The van der Waals surface area contributed by atoms with Crippen molar-refractivity contribution in [1.82, 2.24) is 0 Å². The minimum absolute atomic E-state index is 0.0440. The number of carbonyl (C=O) groups excluding carboxylic acids is 1. The van der Waals surface area contributed by atoms with E-state index in [1.807, 2.05) is 45.9 Å². The molecule has 0 bridgehead atoms. The average Bonchev–Trinajstić information content (AvgIpc) is 2.65. The van der Waals surface area contributed by atoms with Gasteiger partial charge in [-0.1, -0.05) is 28.1 Å². The second-order valence-electron chi connectivity index (χ2n) is 6.79. The van der Waals surface area contributed by atoms with Gasteiger partial charge in [-0.2, -0.15) is 0 Å². The first-order chi connectivity index (χ1) is 13.3. The molecule has 0 aliphatic rings. The Kier molecular flexibility index (Phi) is 6.30. The van der Waals surface area contributed by atoms with Gasteiger partial charge in [0.1, 0.15) is 12.2 Å². The predicted octanol–water partition coefficient (Wildman–Crippen LogP) is 5.62. The number of hydrogen-bond acceptors (Lipinski definition) is 5. The van der Waals surface area contributed by atoms with E-state index in [2.05, 4.69) is 22.0 Å². The summed E-state index contributed by atoms with van der Waals surface area (Å²) in [4.78, 5) is 25.2. The number of aryl methyl sites for hydroxylation is 4. The van der Waals surface area contributed by atoms with Gasteiger partial charge in [-0.3, -0.25) is 4.79 Å². The quantitative estimate of drug-likeness (QED) is 0.280. The fourth-order valence-electron chi connectivity index (χ4n) is 2.89. The molecule has 3 aromatic rings. The molecule has 3 rings (SSSR count). The zero-order chi connectivity index (χ0) is 20.4. The van der Waals surface area contributed by atoms with Gasteiger partial charge in [-0.05, 0) is 62.1 Å². The highest BCUT2D eigenvalue weighted by molar-refractivity contribution is 9.10. The summed E-state index contributed by atoms with van der Waals surface area (Å²) in [5, 5.41) is 0.794. The number of thioether (sulfide) groups is 1. The first kappa shape index (κ1) is 20.7. The fraction of sp³-hybridized carbons (Fsp3) is 0.273. The number of hydrogen-bond donors (Lipinski definition) is 0. The van der Waals surface area contributed by atoms with Crippen LogP contribution in [0.4, 0.5) is 0 Å². The highest BCUT2D eigenvalue weighted by atomic mass is 79.9. The van der Waals surface area contributed by atoms with Crippen molar-refractivity contribution < 1.29 is 13.9 Å². The summed E-state index contributed by atoms with van der Waals surface area (Å²) in [6.07, 6.45) is 0. The third-order valence-corrected chi connectivity index (χ3v) is 6.69. The summed E-state index contributed by atoms with van der Waals surface area (Å²) in [5.74, 6) is -0.116. The second-order valence-corrected chi connectivity index (χ2v) is 8.66. The Labute approximate surface area is 176 Å². The summed E-state index contributed by atoms with van der Waals surface area (Å²) in [6.45, 7) is 7.95. The third kappa shape index (κ3) is 4.50. The average molecular weight is 461 g/mol. The minimum Gasteiger partial charge on any atom is -0.460 e. The summed E-state index contributed by atoms with van der Waals surface area (Å²) in [5.41, 5.74) is 4.95. The molecular formula is C22H21BrO4S. The van der Waals surface area contributed by atoms with Crippen molar-refractivity contribution in [3.05, 3.63) is 73.0 Å². The summed E-state index contributed by atoms with van der Waals surface area (Å²) in [7, 11) is 0. The topological polar surface area (TPSA) is 56.5 Å². The van der Waals surface area contributed by atoms with Gasteiger partial charge in [0.15, 0.2) is 0 Å². The van der Waals surface area contributed by atoms with Gasteiger partial charge in [0.25, 0.3) is 0 Å². The van der Waals surface area contributed by atoms with E-state index >= 15 is 0 Å². The molecule has 1 heterocycles. The zero-order valence-electron chi connectivity index (χ0n) is 16.2. The van der Waals surface area contributed by atoms with Gasteiger partial charge in [-0.15, -0.1) is 11.8 Å². The van der Waals surface area contributed by atoms with Crippen molar-refractivity contribution in [2.24, 2.45) is 0 Å². The number of rotatable bonds is 5. The van der Waals surface area contributed by atoms with Crippen molar-refractivity contribution in [2.75, 3.05) is 5.75 Å². The Balaban J connectivity index is 1.71. The molecule has 0 atom stereocenters. The molecule has 0 spiro atoms. The number of fused-ring (bicyclic) bond motifs is 1. The SMILES string of the molecule is Cc1cc(SCC(=O)OCc2cc(=O)oc3c(C)c(C)ccc23)c(C)cc1Br. The van der Waals surface area contributed by atoms with Crippen LogP contribution in [0.5, 0.6) is 0 Å². The van der Waals surface area contributed by atoms with E-state index < -0.39 is 5.63 Å². The molecular weight excluding hydrogens is 440 g/mol. The van der Waals surface area contributed by atoms with Crippen molar-refractivity contribution in [3.8, 4) is 0 Å². The minimum atomic E-state index is -0.442. The highest BCUT2D eigenvalue weighted by Crippen LogP contribution is 2.29. The predicted molar refractivity (Wildman–Crippen MR) is 116 cm³/mol. The lowest BCUT2D eigenvalue weighted by atomic mass is 10.0. The maximum Gasteiger partial charge on any atom is 0.336 e. The lowest BCUT2D eigenvalue weighted by Gasteiger charge is -2.11. The van der Waals surface area contributed by atoms with E-state index in [0.717, 1.165) is 37.0 Å². The molecule has 2 aromatic carbocycles. The summed E-state index contributed by atoms with van der Waals surface area (Å²) >= 11 is 4.96. The van der Waals surface area contributed by atoms with Crippen LogP contribution in [0.2, 0.25) is 0 Å². The van der Waals surface area contributed by atoms with Crippen molar-refractivity contribution in [2.45, 2.75) is 39.2 Å². The van der Waals surface area contributed by atoms with Crippen LogP contribution in [0.25, 0.3) is 11.0 Å². The number of benzene rings is 2. The van der Waals surface area contributed by atoms with Crippen LogP contribution in [0.15, 0.2) is 48.9 Å².